The molecular weight excluding hydrogens is 449 g/mol. The molecule has 9 heteroatoms. The van der Waals surface area contributed by atoms with Crippen molar-refractivity contribution in [3.63, 3.8) is 0 Å². The molecule has 0 aliphatic heterocycles. The zero-order valence-electron chi connectivity index (χ0n) is 18.0. The van der Waals surface area contributed by atoms with Crippen LogP contribution in [0.5, 0.6) is 5.75 Å². The molecular formula is C25H23F3N2O4. The summed E-state index contributed by atoms with van der Waals surface area (Å²) in [6.45, 7) is 0.347. The van der Waals surface area contributed by atoms with Crippen LogP contribution in [0.2, 0.25) is 0 Å². The molecule has 4 N–H and O–H groups in total. The smallest absolute Gasteiger partial charge is 0.416 e. The number of alkyl halides is 3. The number of rotatable bonds is 9. The molecule has 6 nitrogen and oxygen atoms in total. The highest BCUT2D eigenvalue weighted by Gasteiger charge is 2.31. The Morgan fingerprint density at radius 1 is 0.941 bits per heavy atom. The highest BCUT2D eigenvalue weighted by Crippen LogP contribution is 2.30. The van der Waals surface area contributed by atoms with Crippen LogP contribution in [0, 0.1) is 0 Å². The van der Waals surface area contributed by atoms with E-state index in [1.165, 1.54) is 0 Å². The molecule has 3 aromatic rings. The zero-order valence-corrected chi connectivity index (χ0v) is 18.0. The van der Waals surface area contributed by atoms with Crippen LogP contribution in [-0.2, 0) is 28.8 Å². The molecule has 0 heterocycles. The molecule has 0 fully saturated rings. The molecule has 2 amide bonds. The fourth-order valence-electron chi connectivity index (χ4n) is 3.22. The first-order valence-electron chi connectivity index (χ1n) is 10.3. The van der Waals surface area contributed by atoms with Gasteiger partial charge in [0.2, 0.25) is 5.91 Å². The summed E-state index contributed by atoms with van der Waals surface area (Å²) in [4.78, 5) is 24.4. The minimum atomic E-state index is -4.54. The number of hydrogen-bond acceptors (Lipinski definition) is 4. The van der Waals surface area contributed by atoms with E-state index in [1.54, 1.807) is 24.3 Å². The Hall–Kier alpha value is -3.85. The summed E-state index contributed by atoms with van der Waals surface area (Å²) in [5.74, 6) is -1.23. The number of nitrogens with two attached hydrogens (primary N) is 1. The first-order chi connectivity index (χ1) is 16.1. The van der Waals surface area contributed by atoms with Crippen LogP contribution in [0.25, 0.3) is 0 Å². The maximum Gasteiger partial charge on any atom is 0.416 e. The van der Waals surface area contributed by atoms with Gasteiger partial charge in [0.25, 0.3) is 5.91 Å². The molecule has 0 saturated carbocycles. The van der Waals surface area contributed by atoms with Gasteiger partial charge in [-0.15, -0.1) is 0 Å². The van der Waals surface area contributed by atoms with Crippen molar-refractivity contribution in [2.45, 2.75) is 31.3 Å². The number of nitrogens with one attached hydrogen (secondary N) is 1. The monoisotopic (exact) mass is 472 g/mol. The van der Waals surface area contributed by atoms with Crippen molar-refractivity contribution in [3.05, 3.63) is 101 Å². The number of carbonyl (C=O) groups excluding carboxylic acids is 2. The van der Waals surface area contributed by atoms with Crippen molar-refractivity contribution in [2.24, 2.45) is 5.73 Å². The summed E-state index contributed by atoms with van der Waals surface area (Å²) in [7, 11) is 0. The fraction of sp³-hybridized carbons (Fsp3) is 0.200. The Labute approximate surface area is 194 Å². The lowest BCUT2D eigenvalue weighted by atomic mass is 10.0. The topological polar surface area (TPSA) is 102 Å². The highest BCUT2D eigenvalue weighted by atomic mass is 19.4. The number of aliphatic hydroxyl groups excluding tert-OH is 1. The van der Waals surface area contributed by atoms with Crippen LogP contribution in [-0.4, -0.2) is 23.0 Å². The maximum atomic E-state index is 12.7. The largest absolute Gasteiger partial charge is 0.489 e. The Morgan fingerprint density at radius 2 is 1.59 bits per heavy atom. The minimum absolute atomic E-state index is 0.0311. The predicted molar refractivity (Wildman–Crippen MR) is 118 cm³/mol. The molecule has 0 saturated heterocycles. The maximum absolute atomic E-state index is 12.7. The summed E-state index contributed by atoms with van der Waals surface area (Å²) in [6, 6.07) is 18.8. The van der Waals surface area contributed by atoms with E-state index in [0.717, 1.165) is 29.8 Å². The number of carbonyl (C=O) groups is 2. The molecule has 2 atom stereocenters. The van der Waals surface area contributed by atoms with Crippen molar-refractivity contribution in [2.75, 3.05) is 0 Å². The van der Waals surface area contributed by atoms with Gasteiger partial charge in [0.1, 0.15) is 18.4 Å². The lowest BCUT2D eigenvalue weighted by Gasteiger charge is -2.19. The lowest BCUT2D eigenvalue weighted by Crippen LogP contribution is -2.47. The fourth-order valence-corrected chi connectivity index (χ4v) is 3.22. The standard InChI is InChI=1S/C25H23F3N2O4/c26-25(27,28)19-11-9-18(10-12-19)22(31)24(33)30-21(23(29)32)14-17-7-4-8-20(13-17)34-15-16-5-2-1-3-6-16/h1-13,21-22,31H,14-15H2,(H2,29,32)(H,30,33)/t21-,22-/m1/s1. The van der Waals surface area contributed by atoms with Gasteiger partial charge in [0, 0.05) is 6.42 Å². The van der Waals surface area contributed by atoms with Crippen LogP contribution in [0.1, 0.15) is 28.4 Å². The van der Waals surface area contributed by atoms with Crippen molar-refractivity contribution in [1.29, 1.82) is 0 Å². The SMILES string of the molecule is NC(=O)[C@@H](Cc1cccc(OCc2ccccc2)c1)NC(=O)[C@H](O)c1ccc(C(F)(F)F)cc1. The molecule has 0 aromatic heterocycles. The molecule has 34 heavy (non-hydrogen) atoms. The summed E-state index contributed by atoms with van der Waals surface area (Å²) in [5, 5.41) is 12.6. The summed E-state index contributed by atoms with van der Waals surface area (Å²) in [5.41, 5.74) is 6.09. The number of benzene rings is 3. The summed E-state index contributed by atoms with van der Waals surface area (Å²) < 4.78 is 43.9. The molecule has 0 radical (unpaired) electrons. The van der Waals surface area contributed by atoms with E-state index >= 15 is 0 Å². The Bertz CT molecular complexity index is 1120. The predicted octanol–water partition coefficient (Wildman–Crippen LogP) is 3.53. The summed E-state index contributed by atoms with van der Waals surface area (Å²) in [6.07, 6.45) is -6.28. The molecule has 0 aliphatic rings. The van der Waals surface area contributed by atoms with E-state index in [4.69, 9.17) is 10.5 Å². The Kier molecular flexibility index (Phi) is 7.91. The first-order valence-corrected chi connectivity index (χ1v) is 10.3. The van der Waals surface area contributed by atoms with Crippen molar-refractivity contribution >= 4 is 11.8 Å². The zero-order chi connectivity index (χ0) is 24.7. The van der Waals surface area contributed by atoms with Gasteiger partial charge < -0.3 is 20.9 Å². The Morgan fingerprint density at radius 3 is 2.21 bits per heavy atom. The molecule has 0 aliphatic carbocycles. The number of ether oxygens (including phenoxy) is 1. The van der Waals surface area contributed by atoms with Crippen molar-refractivity contribution in [3.8, 4) is 5.75 Å². The average molecular weight is 472 g/mol. The second kappa shape index (κ2) is 10.8. The molecule has 0 bridgehead atoms. The average Bonchev–Trinajstić information content (AvgIpc) is 2.82. The lowest BCUT2D eigenvalue weighted by molar-refractivity contribution is -0.137. The van der Waals surface area contributed by atoms with Gasteiger partial charge in [-0.2, -0.15) is 13.2 Å². The highest BCUT2D eigenvalue weighted by molar-refractivity contribution is 5.89. The van der Waals surface area contributed by atoms with Gasteiger partial charge in [-0.1, -0.05) is 54.6 Å². The first kappa shape index (κ1) is 24.8. The third-order valence-corrected chi connectivity index (χ3v) is 5.05. The second-order valence-electron chi connectivity index (χ2n) is 7.61. The van der Waals surface area contributed by atoms with Crippen LogP contribution < -0.4 is 15.8 Å². The van der Waals surface area contributed by atoms with Crippen molar-refractivity contribution in [1.82, 2.24) is 5.32 Å². The number of hydrogen-bond donors (Lipinski definition) is 3. The molecule has 178 valence electrons. The molecule has 3 aromatic carbocycles. The van der Waals surface area contributed by atoms with E-state index in [2.05, 4.69) is 5.32 Å². The van der Waals surface area contributed by atoms with Crippen LogP contribution in [0.4, 0.5) is 13.2 Å². The van der Waals surface area contributed by atoms with E-state index < -0.39 is 35.7 Å². The molecule has 0 unspecified atom stereocenters. The third kappa shape index (κ3) is 6.82. The van der Waals surface area contributed by atoms with Gasteiger partial charge >= 0.3 is 6.18 Å². The van der Waals surface area contributed by atoms with E-state index in [9.17, 15) is 27.9 Å². The van der Waals surface area contributed by atoms with Crippen LogP contribution in [0.15, 0.2) is 78.9 Å². The van der Waals surface area contributed by atoms with Gasteiger partial charge in [-0.3, -0.25) is 9.59 Å². The van der Waals surface area contributed by atoms with Gasteiger partial charge in [-0.05, 0) is 41.0 Å². The van der Waals surface area contributed by atoms with Crippen LogP contribution in [0.3, 0.4) is 0 Å². The van der Waals surface area contributed by atoms with E-state index in [0.29, 0.717) is 17.9 Å². The quantitative estimate of drug-likeness (QED) is 0.444. The minimum Gasteiger partial charge on any atom is -0.489 e. The van der Waals surface area contributed by atoms with E-state index in [1.807, 2.05) is 30.3 Å². The summed E-state index contributed by atoms with van der Waals surface area (Å²) >= 11 is 0. The number of primary amides is 1. The number of halogens is 3. The number of amides is 2. The van der Waals surface area contributed by atoms with Gasteiger partial charge in [-0.25, -0.2) is 0 Å². The van der Waals surface area contributed by atoms with Crippen molar-refractivity contribution < 1.29 is 32.6 Å². The molecule has 0 spiro atoms. The number of aliphatic hydroxyl groups is 1. The third-order valence-electron chi connectivity index (χ3n) is 5.05. The van der Waals surface area contributed by atoms with Crippen LogP contribution >= 0.6 is 0 Å². The second-order valence-corrected chi connectivity index (χ2v) is 7.61. The Balaban J connectivity index is 1.63. The van der Waals surface area contributed by atoms with Gasteiger partial charge in [0.15, 0.2) is 6.10 Å². The normalized spacial score (nSPS) is 13.1. The van der Waals surface area contributed by atoms with E-state index in [-0.39, 0.29) is 12.0 Å². The van der Waals surface area contributed by atoms with Gasteiger partial charge in [0.05, 0.1) is 5.56 Å². The molecule has 3 rings (SSSR count).